The van der Waals surface area contributed by atoms with Gasteiger partial charge >= 0.3 is 0 Å². The van der Waals surface area contributed by atoms with Gasteiger partial charge < -0.3 is 19.3 Å². The summed E-state index contributed by atoms with van der Waals surface area (Å²) in [5.41, 5.74) is 2.24. The van der Waals surface area contributed by atoms with Crippen LogP contribution in [0, 0.1) is 6.92 Å². The van der Waals surface area contributed by atoms with Crippen LogP contribution in [-0.4, -0.2) is 20.1 Å². The Kier molecular flexibility index (Phi) is 6.37. The number of nitrogens with zero attached hydrogens (tertiary/aromatic N) is 4. The van der Waals surface area contributed by atoms with E-state index in [0.717, 1.165) is 17.1 Å². The van der Waals surface area contributed by atoms with E-state index in [1.54, 1.807) is 6.20 Å². The molecule has 1 atom stereocenters. The van der Waals surface area contributed by atoms with Crippen molar-refractivity contribution in [1.29, 1.82) is 0 Å². The van der Waals surface area contributed by atoms with E-state index in [0.29, 0.717) is 17.5 Å². The summed E-state index contributed by atoms with van der Waals surface area (Å²) < 4.78 is 16.8. The van der Waals surface area contributed by atoms with Crippen molar-refractivity contribution in [1.82, 2.24) is 20.1 Å². The van der Waals surface area contributed by atoms with Gasteiger partial charge in [0.05, 0.1) is 6.04 Å². The fourth-order valence-electron chi connectivity index (χ4n) is 2.89. The highest BCUT2D eigenvalue weighted by molar-refractivity contribution is 5.38. The number of hydrogen-bond donors (Lipinski definition) is 1. The Morgan fingerprint density at radius 3 is 2.65 bits per heavy atom. The van der Waals surface area contributed by atoms with Crippen LogP contribution in [0.1, 0.15) is 35.8 Å². The van der Waals surface area contributed by atoms with Gasteiger partial charge in [-0.25, -0.2) is 9.97 Å². The lowest BCUT2D eigenvalue weighted by atomic mass is 10.1. The van der Waals surface area contributed by atoms with Crippen molar-refractivity contribution in [3.63, 3.8) is 0 Å². The minimum Gasteiger partial charge on any atom is -0.485 e. The number of hydrogen-bond acceptors (Lipinski definition) is 8. The van der Waals surface area contributed by atoms with Crippen LogP contribution >= 0.6 is 0 Å². The Labute approximate surface area is 180 Å². The summed E-state index contributed by atoms with van der Waals surface area (Å²) in [6, 6.07) is 17.5. The molecular weight excluding hydrogens is 394 g/mol. The highest BCUT2D eigenvalue weighted by Gasteiger charge is 2.10. The molecule has 4 rings (SSSR count). The summed E-state index contributed by atoms with van der Waals surface area (Å²) in [7, 11) is 0. The molecule has 0 amide bonds. The molecule has 31 heavy (non-hydrogen) atoms. The number of ether oxygens (including phenoxy) is 2. The summed E-state index contributed by atoms with van der Waals surface area (Å²) >= 11 is 0. The highest BCUT2D eigenvalue weighted by atomic mass is 16.5. The maximum absolute atomic E-state index is 5.83. The predicted octanol–water partition coefficient (Wildman–Crippen LogP) is 4.50. The van der Waals surface area contributed by atoms with Gasteiger partial charge in [0.2, 0.25) is 5.82 Å². The third kappa shape index (κ3) is 5.79. The van der Waals surface area contributed by atoms with Crippen LogP contribution < -0.4 is 14.8 Å². The summed E-state index contributed by atoms with van der Waals surface area (Å²) in [5.74, 6) is 3.09. The Morgan fingerprint density at radius 2 is 1.84 bits per heavy atom. The molecule has 0 saturated carbocycles. The monoisotopic (exact) mass is 417 g/mol. The van der Waals surface area contributed by atoms with Gasteiger partial charge in [-0.15, -0.1) is 0 Å². The molecule has 2 heterocycles. The lowest BCUT2D eigenvalue weighted by Gasteiger charge is -2.15. The van der Waals surface area contributed by atoms with Crippen LogP contribution in [0.5, 0.6) is 11.5 Å². The quantitative estimate of drug-likeness (QED) is 0.425. The molecule has 0 radical (unpaired) electrons. The summed E-state index contributed by atoms with van der Waals surface area (Å²) in [5, 5.41) is 7.27. The molecular formula is C23H23N5O3. The molecule has 1 N–H and O–H groups in total. The van der Waals surface area contributed by atoms with Crippen LogP contribution in [0.25, 0.3) is 0 Å². The summed E-state index contributed by atoms with van der Waals surface area (Å²) in [4.78, 5) is 12.4. The van der Waals surface area contributed by atoms with E-state index in [-0.39, 0.29) is 19.3 Å². The van der Waals surface area contributed by atoms with E-state index in [1.165, 1.54) is 11.9 Å². The second-order valence-electron chi connectivity index (χ2n) is 7.03. The molecule has 1 unspecified atom stereocenters. The SMILES string of the molecule is Cc1ccc(OCc2noc(COc3cccc(C(C)Nc4ccncn4)c3)n2)cc1. The molecule has 0 bridgehead atoms. The highest BCUT2D eigenvalue weighted by Crippen LogP contribution is 2.22. The molecule has 2 aromatic carbocycles. The van der Waals surface area contributed by atoms with Crippen molar-refractivity contribution >= 4 is 5.82 Å². The van der Waals surface area contributed by atoms with Crippen LogP contribution in [-0.2, 0) is 13.2 Å². The molecule has 2 aromatic heterocycles. The molecule has 0 spiro atoms. The Hall–Kier alpha value is -3.94. The summed E-state index contributed by atoms with van der Waals surface area (Å²) in [6.07, 6.45) is 3.21. The predicted molar refractivity (Wildman–Crippen MR) is 115 cm³/mol. The van der Waals surface area contributed by atoms with Gasteiger partial charge in [-0.1, -0.05) is 35.0 Å². The van der Waals surface area contributed by atoms with Gasteiger partial charge in [-0.05, 0) is 49.7 Å². The van der Waals surface area contributed by atoms with E-state index in [2.05, 4.69) is 32.3 Å². The second-order valence-corrected chi connectivity index (χ2v) is 7.03. The van der Waals surface area contributed by atoms with Crippen LogP contribution in [0.3, 0.4) is 0 Å². The molecule has 0 aliphatic carbocycles. The largest absolute Gasteiger partial charge is 0.485 e. The van der Waals surface area contributed by atoms with Crippen molar-refractivity contribution in [3.05, 3.63) is 90.0 Å². The Bertz CT molecular complexity index is 1100. The number of aryl methyl sites for hydroxylation is 1. The normalized spacial score (nSPS) is 11.7. The van der Waals surface area contributed by atoms with Crippen molar-refractivity contribution < 1.29 is 14.0 Å². The molecule has 8 nitrogen and oxygen atoms in total. The van der Waals surface area contributed by atoms with Gasteiger partial charge in [-0.2, -0.15) is 4.98 Å². The fourth-order valence-corrected chi connectivity index (χ4v) is 2.89. The fraction of sp³-hybridized carbons (Fsp3) is 0.217. The van der Waals surface area contributed by atoms with Crippen LogP contribution in [0.4, 0.5) is 5.82 Å². The number of nitrogens with one attached hydrogen (secondary N) is 1. The molecule has 4 aromatic rings. The average molecular weight is 417 g/mol. The van der Waals surface area contributed by atoms with Gasteiger partial charge in [0.15, 0.2) is 13.2 Å². The van der Waals surface area contributed by atoms with Crippen molar-refractivity contribution in [2.24, 2.45) is 0 Å². The first-order valence-corrected chi connectivity index (χ1v) is 9.92. The molecule has 158 valence electrons. The lowest BCUT2D eigenvalue weighted by molar-refractivity contribution is 0.240. The third-order valence-electron chi connectivity index (χ3n) is 4.57. The average Bonchev–Trinajstić information content (AvgIpc) is 3.26. The smallest absolute Gasteiger partial charge is 0.264 e. The first-order valence-electron chi connectivity index (χ1n) is 9.92. The Balaban J connectivity index is 1.30. The summed E-state index contributed by atoms with van der Waals surface area (Å²) in [6.45, 7) is 4.49. The van der Waals surface area contributed by atoms with Gasteiger partial charge in [0.25, 0.3) is 5.89 Å². The van der Waals surface area contributed by atoms with Crippen molar-refractivity contribution in [2.75, 3.05) is 5.32 Å². The molecule has 8 heteroatoms. The maximum Gasteiger partial charge on any atom is 0.264 e. The molecule has 0 aliphatic rings. The molecule has 0 fully saturated rings. The van der Waals surface area contributed by atoms with E-state index < -0.39 is 0 Å². The number of aromatic nitrogens is 4. The zero-order valence-corrected chi connectivity index (χ0v) is 17.4. The van der Waals surface area contributed by atoms with Crippen molar-refractivity contribution in [2.45, 2.75) is 33.1 Å². The second kappa shape index (κ2) is 9.71. The van der Waals surface area contributed by atoms with Crippen LogP contribution in [0.2, 0.25) is 0 Å². The topological polar surface area (TPSA) is 95.2 Å². The van der Waals surface area contributed by atoms with Gasteiger partial charge in [0.1, 0.15) is 23.6 Å². The molecule has 0 aliphatic heterocycles. The minimum atomic E-state index is 0.0485. The first-order chi connectivity index (χ1) is 15.2. The molecule has 0 saturated heterocycles. The van der Waals surface area contributed by atoms with Gasteiger partial charge in [-0.3, -0.25) is 0 Å². The zero-order chi connectivity index (χ0) is 21.5. The lowest BCUT2D eigenvalue weighted by Crippen LogP contribution is -2.08. The maximum atomic E-state index is 5.83. The third-order valence-corrected chi connectivity index (χ3v) is 4.57. The Morgan fingerprint density at radius 1 is 1.00 bits per heavy atom. The van der Waals surface area contributed by atoms with E-state index in [9.17, 15) is 0 Å². The first kappa shape index (κ1) is 20.3. The van der Waals surface area contributed by atoms with E-state index in [1.807, 2.05) is 61.5 Å². The number of rotatable bonds is 9. The van der Waals surface area contributed by atoms with Crippen LogP contribution in [0.15, 0.2) is 71.6 Å². The van der Waals surface area contributed by atoms with E-state index >= 15 is 0 Å². The standard InChI is InChI=1S/C23H23N5O3/c1-16-6-8-19(9-7-16)29-13-22-27-23(31-28-22)14-30-20-5-3-4-18(12-20)17(2)26-21-10-11-24-15-25-21/h3-12,15,17H,13-14H2,1-2H3,(H,24,25,26). The van der Waals surface area contributed by atoms with Crippen molar-refractivity contribution in [3.8, 4) is 11.5 Å². The minimum absolute atomic E-state index is 0.0485. The van der Waals surface area contributed by atoms with E-state index in [4.69, 9.17) is 14.0 Å². The zero-order valence-electron chi connectivity index (χ0n) is 17.4. The van der Waals surface area contributed by atoms with Gasteiger partial charge in [0, 0.05) is 6.20 Å². The number of benzene rings is 2. The number of anilines is 1.